The number of benzene rings is 2. The van der Waals surface area contributed by atoms with Crippen LogP contribution in [0.1, 0.15) is 46.3 Å². The maximum absolute atomic E-state index is 12.5. The molecule has 0 atom stereocenters. The van der Waals surface area contributed by atoms with Crippen LogP contribution in [0.3, 0.4) is 0 Å². The van der Waals surface area contributed by atoms with Crippen LogP contribution in [-0.2, 0) is 6.54 Å². The number of anilines is 1. The van der Waals surface area contributed by atoms with E-state index in [0.29, 0.717) is 0 Å². The normalized spacial score (nSPS) is 15.2. The fourth-order valence-electron chi connectivity index (χ4n) is 3.49. The lowest BCUT2D eigenvalue weighted by atomic mass is 10.1. The predicted octanol–water partition coefficient (Wildman–Crippen LogP) is 3.12. The van der Waals surface area contributed by atoms with Gasteiger partial charge >= 0.3 is 0 Å². The summed E-state index contributed by atoms with van der Waals surface area (Å²) in [5.74, 6) is -0.0377. The van der Waals surface area contributed by atoms with Crippen molar-refractivity contribution in [1.82, 2.24) is 0 Å². The number of quaternary nitrogens is 1. The van der Waals surface area contributed by atoms with Crippen molar-refractivity contribution in [1.29, 1.82) is 0 Å². The Kier molecular flexibility index (Phi) is 5.31. The van der Waals surface area contributed by atoms with Crippen LogP contribution >= 0.6 is 0 Å². The molecule has 1 heterocycles. The van der Waals surface area contributed by atoms with Crippen molar-refractivity contribution in [2.24, 2.45) is 0 Å². The van der Waals surface area contributed by atoms with Gasteiger partial charge in [-0.05, 0) is 56.4 Å². The zero-order valence-corrected chi connectivity index (χ0v) is 14.7. The molecular weight excluding hydrogens is 296 g/mol. The minimum atomic E-state index is -0.0377. The van der Waals surface area contributed by atoms with Gasteiger partial charge in [0.25, 0.3) is 5.91 Å². The number of carbonyl (C=O) groups excluding carboxylic acids is 1. The molecule has 1 saturated heterocycles. The van der Waals surface area contributed by atoms with E-state index in [9.17, 15) is 4.79 Å². The van der Waals surface area contributed by atoms with E-state index in [1.807, 2.05) is 44.2 Å². The van der Waals surface area contributed by atoms with Crippen LogP contribution < -0.4 is 10.2 Å². The van der Waals surface area contributed by atoms with Crippen molar-refractivity contribution < 1.29 is 9.69 Å². The molecule has 126 valence electrons. The third-order valence-electron chi connectivity index (χ3n) is 4.95. The standard InChI is InChI=1S/C21H26N2O/c1-16-7-6-8-17(2)20(16)22-21(24)19-11-9-18(10-12-19)15-23-13-4-3-5-14-23/h6-12H,3-5,13-15H2,1-2H3,(H,22,24)/p+1. The smallest absolute Gasteiger partial charge is 0.255 e. The second-order valence-electron chi connectivity index (χ2n) is 6.91. The molecule has 1 aliphatic heterocycles. The molecule has 0 bridgehead atoms. The number of carbonyl (C=O) groups is 1. The van der Waals surface area contributed by atoms with Crippen LogP contribution in [0.15, 0.2) is 42.5 Å². The van der Waals surface area contributed by atoms with E-state index in [-0.39, 0.29) is 5.91 Å². The van der Waals surface area contributed by atoms with Gasteiger partial charge in [0.1, 0.15) is 6.54 Å². The molecule has 24 heavy (non-hydrogen) atoms. The quantitative estimate of drug-likeness (QED) is 0.890. The summed E-state index contributed by atoms with van der Waals surface area (Å²) >= 11 is 0. The van der Waals surface area contributed by atoms with Crippen LogP contribution in [0, 0.1) is 13.8 Å². The summed E-state index contributed by atoms with van der Waals surface area (Å²) < 4.78 is 0. The highest BCUT2D eigenvalue weighted by Gasteiger charge is 2.14. The van der Waals surface area contributed by atoms with E-state index in [1.165, 1.54) is 37.9 Å². The first-order valence-electron chi connectivity index (χ1n) is 8.93. The molecule has 3 nitrogen and oxygen atoms in total. The lowest BCUT2D eigenvalue weighted by Gasteiger charge is -2.23. The second-order valence-corrected chi connectivity index (χ2v) is 6.91. The number of likely N-dealkylation sites (tertiary alicyclic amines) is 1. The summed E-state index contributed by atoms with van der Waals surface area (Å²) in [6.45, 7) is 7.66. The fraction of sp³-hybridized carbons (Fsp3) is 0.381. The molecule has 2 N–H and O–H groups in total. The van der Waals surface area contributed by atoms with Crippen molar-refractivity contribution >= 4 is 11.6 Å². The van der Waals surface area contributed by atoms with E-state index in [4.69, 9.17) is 0 Å². The number of rotatable bonds is 4. The van der Waals surface area contributed by atoms with Gasteiger partial charge in [-0.1, -0.05) is 30.3 Å². The molecule has 2 aromatic rings. The first-order chi connectivity index (χ1) is 11.6. The fourth-order valence-corrected chi connectivity index (χ4v) is 3.49. The zero-order valence-electron chi connectivity index (χ0n) is 14.7. The van der Waals surface area contributed by atoms with Crippen LogP contribution in [0.2, 0.25) is 0 Å². The monoisotopic (exact) mass is 323 g/mol. The van der Waals surface area contributed by atoms with E-state index >= 15 is 0 Å². The van der Waals surface area contributed by atoms with Gasteiger partial charge < -0.3 is 10.2 Å². The number of nitrogens with one attached hydrogen (secondary N) is 2. The van der Waals surface area contributed by atoms with Crippen molar-refractivity contribution in [2.75, 3.05) is 18.4 Å². The van der Waals surface area contributed by atoms with Crippen molar-refractivity contribution in [3.8, 4) is 0 Å². The molecule has 0 unspecified atom stereocenters. The van der Waals surface area contributed by atoms with Gasteiger partial charge in [-0.3, -0.25) is 4.79 Å². The summed E-state index contributed by atoms with van der Waals surface area (Å²) in [4.78, 5) is 14.2. The van der Waals surface area contributed by atoms with Crippen LogP contribution in [0.5, 0.6) is 0 Å². The Balaban J connectivity index is 1.65. The molecular formula is C21H27N2O+. The minimum Gasteiger partial charge on any atom is -0.331 e. The Hall–Kier alpha value is -2.13. The van der Waals surface area contributed by atoms with Gasteiger partial charge in [-0.25, -0.2) is 0 Å². The molecule has 3 rings (SSSR count). The topological polar surface area (TPSA) is 33.5 Å². The highest BCUT2D eigenvalue weighted by atomic mass is 16.1. The third kappa shape index (κ3) is 4.04. The molecule has 2 aromatic carbocycles. The third-order valence-corrected chi connectivity index (χ3v) is 4.95. The Morgan fingerprint density at radius 2 is 1.58 bits per heavy atom. The predicted molar refractivity (Wildman–Crippen MR) is 98.6 cm³/mol. The summed E-state index contributed by atoms with van der Waals surface area (Å²) in [5, 5.41) is 3.05. The molecule has 0 spiro atoms. The van der Waals surface area contributed by atoms with E-state index in [2.05, 4.69) is 17.4 Å². The van der Waals surface area contributed by atoms with Gasteiger partial charge in [0.05, 0.1) is 13.1 Å². The zero-order chi connectivity index (χ0) is 16.9. The Morgan fingerprint density at radius 1 is 0.958 bits per heavy atom. The SMILES string of the molecule is Cc1cccc(C)c1NC(=O)c1ccc(C[NH+]2CCCCC2)cc1. The summed E-state index contributed by atoms with van der Waals surface area (Å²) in [6, 6.07) is 14.1. The molecule has 3 heteroatoms. The first kappa shape index (κ1) is 16.7. The Morgan fingerprint density at radius 3 is 2.21 bits per heavy atom. The highest BCUT2D eigenvalue weighted by molar-refractivity contribution is 6.05. The maximum atomic E-state index is 12.5. The summed E-state index contributed by atoms with van der Waals surface area (Å²) in [6.07, 6.45) is 4.05. The number of para-hydroxylation sites is 1. The average molecular weight is 323 g/mol. The van der Waals surface area contributed by atoms with Gasteiger partial charge in [0, 0.05) is 16.8 Å². The number of hydrogen-bond acceptors (Lipinski definition) is 1. The number of hydrogen-bond donors (Lipinski definition) is 2. The lowest BCUT2D eigenvalue weighted by Crippen LogP contribution is -3.11. The van der Waals surface area contributed by atoms with Crippen molar-refractivity contribution in [2.45, 2.75) is 39.7 Å². The molecule has 0 aromatic heterocycles. The largest absolute Gasteiger partial charge is 0.331 e. The van der Waals surface area contributed by atoms with Gasteiger partial charge in [0.15, 0.2) is 0 Å². The van der Waals surface area contributed by atoms with Crippen molar-refractivity contribution in [3.05, 3.63) is 64.7 Å². The summed E-state index contributed by atoms with van der Waals surface area (Å²) in [5.41, 5.74) is 5.14. The average Bonchev–Trinajstić information content (AvgIpc) is 2.60. The molecule has 1 aliphatic rings. The van der Waals surface area contributed by atoms with Crippen LogP contribution in [0.25, 0.3) is 0 Å². The van der Waals surface area contributed by atoms with Crippen molar-refractivity contribution in [3.63, 3.8) is 0 Å². The van der Waals surface area contributed by atoms with Gasteiger partial charge in [-0.2, -0.15) is 0 Å². The van der Waals surface area contributed by atoms with E-state index in [0.717, 1.165) is 28.9 Å². The minimum absolute atomic E-state index is 0.0377. The molecule has 1 fully saturated rings. The second kappa shape index (κ2) is 7.63. The Labute approximate surface area is 144 Å². The van der Waals surface area contributed by atoms with Gasteiger partial charge in [0.2, 0.25) is 0 Å². The first-order valence-corrected chi connectivity index (χ1v) is 8.93. The highest BCUT2D eigenvalue weighted by Crippen LogP contribution is 2.20. The Bertz CT molecular complexity index is 680. The lowest BCUT2D eigenvalue weighted by molar-refractivity contribution is -0.918. The number of amides is 1. The molecule has 0 saturated carbocycles. The van der Waals surface area contributed by atoms with E-state index in [1.54, 1.807) is 4.90 Å². The maximum Gasteiger partial charge on any atom is 0.255 e. The number of piperidine rings is 1. The van der Waals surface area contributed by atoms with Gasteiger partial charge in [-0.15, -0.1) is 0 Å². The molecule has 0 aliphatic carbocycles. The van der Waals surface area contributed by atoms with E-state index < -0.39 is 0 Å². The molecule has 1 amide bonds. The van der Waals surface area contributed by atoms with Crippen LogP contribution in [-0.4, -0.2) is 19.0 Å². The number of aryl methyl sites for hydroxylation is 2. The molecule has 0 radical (unpaired) electrons. The van der Waals surface area contributed by atoms with Crippen LogP contribution in [0.4, 0.5) is 5.69 Å². The summed E-state index contributed by atoms with van der Waals surface area (Å²) in [7, 11) is 0.